The minimum absolute atomic E-state index is 0.146. The van der Waals surface area contributed by atoms with Crippen molar-refractivity contribution in [2.75, 3.05) is 6.61 Å². The summed E-state index contributed by atoms with van der Waals surface area (Å²) in [6, 6.07) is 0. The lowest BCUT2D eigenvalue weighted by atomic mass is 9.36. The number of carbonyl (C=O) groups is 2. The summed E-state index contributed by atoms with van der Waals surface area (Å²) in [7, 11) is 0. The van der Waals surface area contributed by atoms with Gasteiger partial charge in [-0.1, -0.05) is 20.3 Å². The summed E-state index contributed by atoms with van der Waals surface area (Å²) in [6.07, 6.45) is 10.8. The second-order valence-corrected chi connectivity index (χ2v) is 10.5. The smallest absolute Gasteiger partial charge is 0.302 e. The van der Waals surface area contributed by atoms with Gasteiger partial charge in [-0.3, -0.25) is 4.79 Å². The second kappa shape index (κ2) is 5.80. The Morgan fingerprint density at radius 3 is 2.58 bits per heavy atom. The van der Waals surface area contributed by atoms with Gasteiger partial charge in [-0.05, 0) is 80.0 Å². The number of hydrogen-bond acceptors (Lipinski definition) is 4. The Labute approximate surface area is 157 Å². The van der Waals surface area contributed by atoms with E-state index in [2.05, 4.69) is 13.8 Å². The lowest BCUT2D eigenvalue weighted by Gasteiger charge is -2.69. The molecule has 146 valence electrons. The molecule has 0 aromatic rings. The molecule has 7 unspecified atom stereocenters. The van der Waals surface area contributed by atoms with Gasteiger partial charge in [-0.15, -0.1) is 0 Å². The zero-order valence-corrected chi connectivity index (χ0v) is 16.6. The number of hydrogen-bond donors (Lipinski definition) is 1. The van der Waals surface area contributed by atoms with Gasteiger partial charge in [0.15, 0.2) is 0 Å². The molecule has 0 aromatic carbocycles. The third kappa shape index (κ3) is 2.43. The van der Waals surface area contributed by atoms with Crippen molar-refractivity contribution in [2.24, 2.45) is 34.0 Å². The fraction of sp³-hybridized carbons (Fsp3) is 0.909. The Kier molecular flexibility index (Phi) is 4.12. The third-order valence-corrected chi connectivity index (χ3v) is 9.21. The first-order chi connectivity index (χ1) is 12.2. The van der Waals surface area contributed by atoms with Crippen LogP contribution in [-0.4, -0.2) is 29.6 Å². The van der Waals surface area contributed by atoms with Gasteiger partial charge >= 0.3 is 5.97 Å². The van der Waals surface area contributed by atoms with Gasteiger partial charge in [0.1, 0.15) is 18.5 Å². The molecule has 5 rings (SSSR count). The quantitative estimate of drug-likeness (QED) is 0.611. The van der Waals surface area contributed by atoms with Gasteiger partial charge in [0, 0.05) is 12.3 Å². The summed E-state index contributed by atoms with van der Waals surface area (Å²) >= 11 is 0. The Bertz CT molecular complexity index is 617. The molecule has 0 amide bonds. The normalized spacial score (nSPS) is 52.7. The van der Waals surface area contributed by atoms with Crippen LogP contribution in [-0.2, 0) is 14.3 Å². The lowest BCUT2D eigenvalue weighted by molar-refractivity contribution is -0.244. The molecule has 4 heteroatoms. The first kappa shape index (κ1) is 18.5. The SMILES string of the molecule is CC(=O)OCC1(O)CC23CCC1CC2C1(C)CCCC(C)(C=O)C1CC3. The second-order valence-electron chi connectivity index (χ2n) is 10.5. The summed E-state index contributed by atoms with van der Waals surface area (Å²) < 4.78 is 5.26. The van der Waals surface area contributed by atoms with Crippen molar-refractivity contribution in [2.45, 2.75) is 84.2 Å². The Morgan fingerprint density at radius 2 is 1.88 bits per heavy atom. The van der Waals surface area contributed by atoms with E-state index in [1.54, 1.807) is 0 Å². The fourth-order valence-corrected chi connectivity index (χ4v) is 8.10. The van der Waals surface area contributed by atoms with E-state index in [1.807, 2.05) is 0 Å². The van der Waals surface area contributed by atoms with E-state index in [4.69, 9.17) is 4.74 Å². The number of fused-ring (bicyclic) bond motifs is 3. The third-order valence-electron chi connectivity index (χ3n) is 9.21. The van der Waals surface area contributed by atoms with Crippen LogP contribution < -0.4 is 0 Å². The standard InChI is InChI=1S/C22H34O4/c1-15(24)26-14-22(25)12-21-9-5-16(22)11-18(21)20(3)8-4-7-19(2,13-23)17(20)6-10-21/h13,16-18,25H,4-12,14H2,1-3H3. The summed E-state index contributed by atoms with van der Waals surface area (Å²) in [4.78, 5) is 23.3. The molecule has 7 atom stereocenters. The van der Waals surface area contributed by atoms with Gasteiger partial charge in [0.2, 0.25) is 0 Å². The number of aldehydes is 1. The maximum atomic E-state index is 12.0. The Morgan fingerprint density at radius 1 is 1.15 bits per heavy atom. The molecule has 0 heterocycles. The Balaban J connectivity index is 1.64. The molecule has 0 saturated heterocycles. The number of esters is 1. The zero-order valence-electron chi connectivity index (χ0n) is 16.6. The van der Waals surface area contributed by atoms with Crippen LogP contribution in [0.4, 0.5) is 0 Å². The van der Waals surface area contributed by atoms with E-state index in [1.165, 1.54) is 26.1 Å². The van der Waals surface area contributed by atoms with Crippen molar-refractivity contribution in [1.29, 1.82) is 0 Å². The fourth-order valence-electron chi connectivity index (χ4n) is 8.10. The van der Waals surface area contributed by atoms with Crippen molar-refractivity contribution in [3.8, 4) is 0 Å². The molecule has 1 spiro atoms. The molecule has 4 nitrogen and oxygen atoms in total. The van der Waals surface area contributed by atoms with E-state index in [-0.39, 0.29) is 34.7 Å². The topological polar surface area (TPSA) is 63.6 Å². The summed E-state index contributed by atoms with van der Waals surface area (Å²) in [5.74, 6) is 0.967. The highest BCUT2D eigenvalue weighted by atomic mass is 16.5. The van der Waals surface area contributed by atoms with E-state index in [0.717, 1.165) is 44.9 Å². The highest BCUT2D eigenvalue weighted by Crippen LogP contribution is 2.72. The average Bonchev–Trinajstić information content (AvgIpc) is 2.59. The van der Waals surface area contributed by atoms with Crippen molar-refractivity contribution >= 4 is 12.3 Å². The van der Waals surface area contributed by atoms with Gasteiger partial charge in [0.25, 0.3) is 0 Å². The number of aliphatic hydroxyl groups is 1. The van der Waals surface area contributed by atoms with E-state index >= 15 is 0 Å². The minimum atomic E-state index is -0.855. The van der Waals surface area contributed by atoms with Crippen molar-refractivity contribution in [1.82, 2.24) is 0 Å². The molecule has 5 fully saturated rings. The highest BCUT2D eigenvalue weighted by Gasteiger charge is 2.67. The van der Waals surface area contributed by atoms with Crippen LogP contribution in [0.3, 0.4) is 0 Å². The van der Waals surface area contributed by atoms with Crippen molar-refractivity contribution < 1.29 is 19.4 Å². The van der Waals surface area contributed by atoms with Crippen LogP contribution in [0.15, 0.2) is 0 Å². The van der Waals surface area contributed by atoms with Gasteiger partial charge in [0.05, 0.1) is 0 Å². The van der Waals surface area contributed by atoms with Crippen LogP contribution in [0.2, 0.25) is 0 Å². The van der Waals surface area contributed by atoms with E-state index < -0.39 is 5.60 Å². The largest absolute Gasteiger partial charge is 0.463 e. The predicted octanol–water partition coefficient (Wildman–Crippen LogP) is 3.89. The molecular formula is C22H34O4. The number of ether oxygens (including phenoxy) is 1. The average molecular weight is 363 g/mol. The molecular weight excluding hydrogens is 328 g/mol. The van der Waals surface area contributed by atoms with E-state index in [9.17, 15) is 14.7 Å². The molecule has 0 radical (unpaired) electrons. The maximum Gasteiger partial charge on any atom is 0.302 e. The first-order valence-corrected chi connectivity index (χ1v) is 10.5. The monoisotopic (exact) mass is 362 g/mol. The predicted molar refractivity (Wildman–Crippen MR) is 98.3 cm³/mol. The maximum absolute atomic E-state index is 12.0. The number of rotatable bonds is 3. The minimum Gasteiger partial charge on any atom is -0.463 e. The number of carbonyl (C=O) groups excluding carboxylic acids is 2. The van der Waals surface area contributed by atoms with Crippen LogP contribution in [0.5, 0.6) is 0 Å². The lowest BCUT2D eigenvalue weighted by Crippen LogP contribution is -2.66. The molecule has 0 aliphatic heterocycles. The van der Waals surface area contributed by atoms with Crippen LogP contribution in [0, 0.1) is 34.0 Å². The van der Waals surface area contributed by atoms with Crippen LogP contribution >= 0.6 is 0 Å². The van der Waals surface area contributed by atoms with Crippen molar-refractivity contribution in [3.05, 3.63) is 0 Å². The summed E-state index contributed by atoms with van der Waals surface area (Å²) in [6.45, 7) is 6.18. The van der Waals surface area contributed by atoms with Gasteiger partial charge in [-0.25, -0.2) is 0 Å². The highest BCUT2D eigenvalue weighted by molar-refractivity contribution is 5.66. The van der Waals surface area contributed by atoms with Crippen LogP contribution in [0.1, 0.15) is 78.6 Å². The summed E-state index contributed by atoms with van der Waals surface area (Å²) in [5, 5.41) is 11.3. The zero-order chi connectivity index (χ0) is 18.8. The molecule has 5 saturated carbocycles. The molecule has 26 heavy (non-hydrogen) atoms. The van der Waals surface area contributed by atoms with Crippen molar-refractivity contribution in [3.63, 3.8) is 0 Å². The molecule has 5 aliphatic rings. The first-order valence-electron chi connectivity index (χ1n) is 10.5. The molecule has 0 aromatic heterocycles. The molecule has 2 bridgehead atoms. The van der Waals surface area contributed by atoms with Gasteiger partial charge < -0.3 is 14.6 Å². The van der Waals surface area contributed by atoms with E-state index in [0.29, 0.717) is 11.8 Å². The van der Waals surface area contributed by atoms with Crippen LogP contribution in [0.25, 0.3) is 0 Å². The Hall–Kier alpha value is -0.900. The molecule has 5 aliphatic carbocycles. The molecule has 1 N–H and O–H groups in total. The van der Waals surface area contributed by atoms with Gasteiger partial charge in [-0.2, -0.15) is 0 Å². The summed E-state index contributed by atoms with van der Waals surface area (Å²) in [5.41, 5.74) is -0.671.